The van der Waals surface area contributed by atoms with Crippen LogP contribution in [-0.4, -0.2) is 69.8 Å². The molecule has 34 heavy (non-hydrogen) atoms. The molecule has 1 saturated heterocycles. The Kier molecular flexibility index (Phi) is 7.17. The number of hydrogen-bond donors (Lipinski definition) is 2. The Labute approximate surface area is 195 Å². The van der Waals surface area contributed by atoms with Gasteiger partial charge >= 0.3 is 6.18 Å². The van der Waals surface area contributed by atoms with Crippen LogP contribution in [0.2, 0.25) is 0 Å². The van der Waals surface area contributed by atoms with Gasteiger partial charge in [-0.25, -0.2) is 9.97 Å². The summed E-state index contributed by atoms with van der Waals surface area (Å²) >= 11 is 0. The van der Waals surface area contributed by atoms with E-state index in [1.165, 1.54) is 0 Å². The highest BCUT2D eigenvalue weighted by molar-refractivity contribution is 5.90. The Hall–Kier alpha value is -2.99. The van der Waals surface area contributed by atoms with Gasteiger partial charge in [0.05, 0.1) is 18.8 Å². The van der Waals surface area contributed by atoms with Crippen molar-refractivity contribution in [1.82, 2.24) is 30.0 Å². The minimum Gasteiger partial charge on any atom is -0.370 e. The van der Waals surface area contributed by atoms with Crippen molar-refractivity contribution in [2.24, 2.45) is 0 Å². The molecule has 1 atom stereocenters. The summed E-state index contributed by atoms with van der Waals surface area (Å²) in [7, 11) is 0. The van der Waals surface area contributed by atoms with E-state index in [1.807, 2.05) is 32.0 Å². The van der Waals surface area contributed by atoms with Gasteiger partial charge in [0, 0.05) is 31.9 Å². The lowest BCUT2D eigenvalue weighted by atomic mass is 10.1. The zero-order valence-electron chi connectivity index (χ0n) is 19.4. The highest BCUT2D eigenvalue weighted by Gasteiger charge is 2.28. The highest BCUT2D eigenvalue weighted by atomic mass is 19.4. The van der Waals surface area contributed by atoms with E-state index in [0.717, 1.165) is 25.3 Å². The van der Waals surface area contributed by atoms with Crippen LogP contribution in [-0.2, 0) is 11.3 Å². The van der Waals surface area contributed by atoms with Gasteiger partial charge in [-0.2, -0.15) is 23.3 Å². The third-order valence-corrected chi connectivity index (χ3v) is 5.42. The first-order valence-electron chi connectivity index (χ1n) is 11.3. The predicted octanol–water partition coefficient (Wildman–Crippen LogP) is 3.47. The minimum absolute atomic E-state index is 0.0484. The van der Waals surface area contributed by atoms with E-state index in [-0.39, 0.29) is 19.1 Å². The van der Waals surface area contributed by atoms with Gasteiger partial charge in [-0.05, 0) is 25.0 Å². The zero-order chi connectivity index (χ0) is 24.3. The number of alkyl halides is 3. The van der Waals surface area contributed by atoms with Gasteiger partial charge in [-0.15, -0.1) is 0 Å². The summed E-state index contributed by atoms with van der Waals surface area (Å²) in [5.41, 5.74) is 2.03. The van der Waals surface area contributed by atoms with Crippen molar-refractivity contribution in [3.63, 3.8) is 0 Å². The number of aromatic nitrogens is 5. The van der Waals surface area contributed by atoms with E-state index < -0.39 is 12.8 Å². The fraction of sp³-hybridized carbons (Fsp3) is 0.545. The van der Waals surface area contributed by atoms with Crippen molar-refractivity contribution in [2.45, 2.75) is 45.5 Å². The topological polar surface area (TPSA) is 93.0 Å². The van der Waals surface area contributed by atoms with Crippen molar-refractivity contribution in [1.29, 1.82) is 0 Å². The molecule has 0 spiro atoms. The number of pyridine rings is 1. The van der Waals surface area contributed by atoms with Crippen LogP contribution in [0, 0.1) is 0 Å². The van der Waals surface area contributed by atoms with Crippen LogP contribution in [0.1, 0.15) is 32.4 Å². The molecule has 0 aliphatic carbocycles. The van der Waals surface area contributed by atoms with Crippen LogP contribution in [0.25, 0.3) is 11.0 Å². The number of nitrogens with zero attached hydrogens (tertiary/aromatic N) is 6. The molecule has 12 heteroatoms. The molecular formula is C22H29F3N8O. The molecule has 3 aromatic heterocycles. The summed E-state index contributed by atoms with van der Waals surface area (Å²) in [5, 5.41) is 11.4. The van der Waals surface area contributed by atoms with Crippen LogP contribution in [0.4, 0.5) is 30.8 Å². The fourth-order valence-electron chi connectivity index (χ4n) is 3.88. The van der Waals surface area contributed by atoms with Gasteiger partial charge in [0.15, 0.2) is 5.82 Å². The molecule has 1 fully saturated rings. The Morgan fingerprint density at radius 1 is 1.26 bits per heavy atom. The second-order valence-electron chi connectivity index (χ2n) is 8.64. The van der Waals surface area contributed by atoms with Gasteiger partial charge < -0.3 is 20.3 Å². The van der Waals surface area contributed by atoms with Crippen LogP contribution in [0.5, 0.6) is 0 Å². The fourth-order valence-corrected chi connectivity index (χ4v) is 3.88. The average Bonchev–Trinajstić information content (AvgIpc) is 3.16. The average molecular weight is 479 g/mol. The molecule has 184 valence electrons. The van der Waals surface area contributed by atoms with E-state index in [9.17, 15) is 13.2 Å². The first-order chi connectivity index (χ1) is 16.2. The number of piperazine rings is 1. The Morgan fingerprint density at radius 3 is 2.76 bits per heavy atom. The number of halogens is 3. The quantitative estimate of drug-likeness (QED) is 0.476. The minimum atomic E-state index is -4.38. The van der Waals surface area contributed by atoms with Crippen LogP contribution >= 0.6 is 0 Å². The molecule has 0 radical (unpaired) electrons. The van der Waals surface area contributed by atoms with Gasteiger partial charge in [-0.1, -0.05) is 19.9 Å². The highest BCUT2D eigenvalue weighted by Crippen LogP contribution is 2.31. The Balaban J connectivity index is 1.76. The molecule has 0 aromatic carbocycles. The second kappa shape index (κ2) is 10.1. The largest absolute Gasteiger partial charge is 0.411 e. The van der Waals surface area contributed by atoms with Crippen LogP contribution < -0.4 is 15.5 Å². The van der Waals surface area contributed by atoms with Gasteiger partial charge in [0.2, 0.25) is 5.95 Å². The van der Waals surface area contributed by atoms with Crippen molar-refractivity contribution in [3.05, 3.63) is 30.1 Å². The van der Waals surface area contributed by atoms with E-state index in [4.69, 9.17) is 14.7 Å². The summed E-state index contributed by atoms with van der Waals surface area (Å²) in [6, 6.07) is 5.78. The Morgan fingerprint density at radius 2 is 2.09 bits per heavy atom. The van der Waals surface area contributed by atoms with Crippen LogP contribution in [0.15, 0.2) is 24.4 Å². The lowest BCUT2D eigenvalue weighted by Crippen LogP contribution is -2.49. The second-order valence-corrected chi connectivity index (χ2v) is 8.64. The maximum Gasteiger partial charge on any atom is 0.411 e. The molecule has 2 N–H and O–H groups in total. The molecule has 9 nitrogen and oxygen atoms in total. The molecule has 1 aliphatic heterocycles. The van der Waals surface area contributed by atoms with E-state index >= 15 is 0 Å². The third-order valence-electron chi connectivity index (χ3n) is 5.42. The lowest BCUT2D eigenvalue weighted by molar-refractivity contribution is -0.174. The van der Waals surface area contributed by atoms with E-state index in [1.54, 1.807) is 10.9 Å². The maximum absolute atomic E-state index is 12.5. The molecule has 0 bridgehead atoms. The molecule has 4 heterocycles. The SMILES string of the molecule is CC(C)c1nn(CCOCC(F)(F)F)c2c(Nc3ccccn3)nc(N3CCN[C@H](C)C3)nc12. The first kappa shape index (κ1) is 24.1. The zero-order valence-corrected chi connectivity index (χ0v) is 19.4. The van der Waals surface area contributed by atoms with Crippen molar-refractivity contribution in [3.8, 4) is 0 Å². The number of anilines is 3. The number of ether oxygens (including phenoxy) is 1. The summed E-state index contributed by atoms with van der Waals surface area (Å²) in [4.78, 5) is 16.1. The van der Waals surface area contributed by atoms with Crippen molar-refractivity contribution < 1.29 is 17.9 Å². The monoisotopic (exact) mass is 478 g/mol. The molecule has 1 aliphatic rings. The van der Waals surface area contributed by atoms with Crippen LogP contribution in [0.3, 0.4) is 0 Å². The molecule has 4 rings (SSSR count). The number of rotatable bonds is 8. The number of hydrogen-bond acceptors (Lipinski definition) is 8. The summed E-state index contributed by atoms with van der Waals surface area (Å²) < 4.78 is 44.0. The standard InChI is InChI=1S/C22H29F3N8O/c1-14(2)17-18-19(33(31-17)10-11-34-13-22(23,24)25)20(28-16-6-4-5-7-27-16)30-21(29-18)32-9-8-26-15(3)12-32/h4-7,14-15,26H,8-13H2,1-3H3,(H,27,28,29,30)/t15-/m1/s1. The normalized spacial score (nSPS) is 17.0. The van der Waals surface area contributed by atoms with Gasteiger partial charge in [0.25, 0.3) is 0 Å². The number of fused-ring (bicyclic) bond motifs is 1. The van der Waals surface area contributed by atoms with Gasteiger partial charge in [0.1, 0.15) is 23.5 Å². The third kappa shape index (κ3) is 5.73. The summed E-state index contributed by atoms with van der Waals surface area (Å²) in [6.45, 7) is 7.14. The Bertz CT molecular complexity index is 1100. The molecular weight excluding hydrogens is 449 g/mol. The van der Waals surface area contributed by atoms with E-state index in [0.29, 0.717) is 34.7 Å². The lowest BCUT2D eigenvalue weighted by Gasteiger charge is -2.32. The van der Waals surface area contributed by atoms with Crippen molar-refractivity contribution >= 4 is 28.6 Å². The maximum atomic E-state index is 12.5. The van der Waals surface area contributed by atoms with Crippen molar-refractivity contribution in [2.75, 3.05) is 43.1 Å². The summed E-state index contributed by atoms with van der Waals surface area (Å²) in [5.74, 6) is 1.72. The molecule has 0 amide bonds. The summed E-state index contributed by atoms with van der Waals surface area (Å²) in [6.07, 6.45) is -2.71. The predicted molar refractivity (Wildman–Crippen MR) is 123 cm³/mol. The number of nitrogens with one attached hydrogen (secondary N) is 2. The smallest absolute Gasteiger partial charge is 0.370 e. The first-order valence-corrected chi connectivity index (χ1v) is 11.3. The molecule has 3 aromatic rings. The van der Waals surface area contributed by atoms with Gasteiger partial charge in [-0.3, -0.25) is 4.68 Å². The molecule has 0 unspecified atom stereocenters. The molecule has 0 saturated carbocycles. The van der Waals surface area contributed by atoms with E-state index in [2.05, 4.69) is 32.5 Å².